The quantitative estimate of drug-likeness (QED) is 0.135. The van der Waals surface area contributed by atoms with Crippen LogP contribution in [-0.2, 0) is 37.0 Å². The van der Waals surface area contributed by atoms with Gasteiger partial charge in [-0.25, -0.2) is 4.79 Å². The van der Waals surface area contributed by atoms with Crippen molar-refractivity contribution in [2.45, 2.75) is 70.2 Å². The third kappa shape index (κ3) is 6.56. The highest BCUT2D eigenvalue weighted by Crippen LogP contribution is 2.36. The number of carbonyl (C=O) groups is 4. The Bertz CT molecular complexity index is 1780. The molecule has 0 aliphatic carbocycles. The Hall–Kier alpha value is -4.27. The second kappa shape index (κ2) is 13.7. The van der Waals surface area contributed by atoms with Gasteiger partial charge in [0.05, 0.1) is 40.9 Å². The minimum absolute atomic E-state index is 0.0867. The summed E-state index contributed by atoms with van der Waals surface area (Å²) in [5.74, 6) is -2.22. The molecule has 2 N–H and O–H groups in total. The number of imidazole rings is 1. The zero-order valence-corrected chi connectivity index (χ0v) is 28.6. The van der Waals surface area contributed by atoms with Crippen LogP contribution in [0.5, 0.6) is 0 Å². The summed E-state index contributed by atoms with van der Waals surface area (Å²) in [6.07, 6.45) is 0.545. The molecule has 48 heavy (non-hydrogen) atoms. The molecule has 14 heteroatoms. The third-order valence-corrected chi connectivity index (χ3v) is 11.2. The Kier molecular flexibility index (Phi) is 9.59. The van der Waals surface area contributed by atoms with Crippen molar-refractivity contribution < 1.29 is 33.8 Å². The van der Waals surface area contributed by atoms with E-state index in [2.05, 4.69) is 25.0 Å². The van der Waals surface area contributed by atoms with E-state index < -0.39 is 38.0 Å². The molecule has 0 saturated carbocycles. The first-order valence-corrected chi connectivity index (χ1v) is 20.2. The van der Waals surface area contributed by atoms with Crippen LogP contribution in [-0.4, -0.2) is 94.9 Å². The third-order valence-electron chi connectivity index (χ3n) is 9.45. The number of rotatable bonds is 11. The Morgan fingerprint density at radius 2 is 1.83 bits per heavy atom. The summed E-state index contributed by atoms with van der Waals surface area (Å²) in [6, 6.07) is 12.0. The number of amides is 3. The van der Waals surface area contributed by atoms with E-state index in [9.17, 15) is 29.1 Å². The topological polar surface area (TPSA) is 152 Å². The van der Waals surface area contributed by atoms with Crippen LogP contribution in [0, 0.1) is 5.92 Å². The molecule has 0 radical (unpaired) electrons. The molecule has 256 valence electrons. The number of likely N-dealkylation sites (tertiary alicyclic amines) is 2. The first-order chi connectivity index (χ1) is 23.0. The van der Waals surface area contributed by atoms with Crippen molar-refractivity contribution >= 4 is 48.5 Å². The molecule has 3 aliphatic heterocycles. The molecule has 3 aliphatic rings. The van der Waals surface area contributed by atoms with Gasteiger partial charge in [0.1, 0.15) is 19.4 Å². The lowest BCUT2D eigenvalue weighted by Gasteiger charge is -2.31. The molecule has 6 rings (SSSR count). The van der Waals surface area contributed by atoms with Gasteiger partial charge in [0, 0.05) is 40.7 Å². The number of piperidine rings is 1. The molecule has 2 aromatic carbocycles. The average molecular weight is 678 g/mol. The number of esters is 1. The molecule has 0 bridgehead atoms. The molecule has 0 spiro atoms. The maximum atomic E-state index is 14.1. The van der Waals surface area contributed by atoms with Crippen molar-refractivity contribution in [3.05, 3.63) is 64.1 Å². The standard InChI is InChI=1S/C34H43N5O8Si/c1-48(2,3)16-15-46-21-38-28(41)12-11-27(32(38)43)39-26-10-9-25(29-30(26)36(34(39)45)14-13-35-29)31(42)37-18-23(17-24(37)19-40)33(44)47-20-22-7-5-4-6-8-22/h4-10,23-24,27,35,40H,11-21H2,1-3H3/t23-,24-,27?/m0/s1. The minimum atomic E-state index is -1.36. The fourth-order valence-corrected chi connectivity index (χ4v) is 7.53. The van der Waals surface area contributed by atoms with Gasteiger partial charge in [-0.1, -0.05) is 50.0 Å². The van der Waals surface area contributed by atoms with Crippen molar-refractivity contribution in [1.29, 1.82) is 0 Å². The predicted octanol–water partition coefficient (Wildman–Crippen LogP) is 2.80. The monoisotopic (exact) mass is 677 g/mol. The molecule has 13 nitrogen and oxygen atoms in total. The highest BCUT2D eigenvalue weighted by molar-refractivity contribution is 6.76. The molecule has 2 saturated heterocycles. The van der Waals surface area contributed by atoms with Crippen LogP contribution in [0.15, 0.2) is 47.3 Å². The number of aliphatic hydroxyl groups is 1. The molecule has 1 unspecified atom stereocenters. The van der Waals surface area contributed by atoms with Gasteiger partial charge in [-0.2, -0.15) is 0 Å². The van der Waals surface area contributed by atoms with Gasteiger partial charge in [-0.05, 0) is 36.6 Å². The Balaban J connectivity index is 1.24. The van der Waals surface area contributed by atoms with Crippen LogP contribution < -0.4 is 11.0 Å². The van der Waals surface area contributed by atoms with Crippen LogP contribution in [0.3, 0.4) is 0 Å². The second-order valence-electron chi connectivity index (χ2n) is 14.0. The van der Waals surface area contributed by atoms with Gasteiger partial charge in [0.15, 0.2) is 0 Å². The minimum Gasteiger partial charge on any atom is -0.461 e. The molecule has 4 heterocycles. The Morgan fingerprint density at radius 3 is 2.56 bits per heavy atom. The predicted molar refractivity (Wildman–Crippen MR) is 180 cm³/mol. The molecular formula is C34H43N5O8Si. The van der Waals surface area contributed by atoms with E-state index in [0.717, 1.165) is 16.5 Å². The van der Waals surface area contributed by atoms with Gasteiger partial charge in [0.25, 0.3) is 11.8 Å². The van der Waals surface area contributed by atoms with E-state index in [-0.39, 0.29) is 63.3 Å². The van der Waals surface area contributed by atoms with E-state index in [1.165, 1.54) is 9.47 Å². The summed E-state index contributed by atoms with van der Waals surface area (Å²) in [7, 11) is -1.36. The maximum Gasteiger partial charge on any atom is 0.329 e. The summed E-state index contributed by atoms with van der Waals surface area (Å²) in [5.41, 5.74) is 2.20. The van der Waals surface area contributed by atoms with Gasteiger partial charge in [-0.15, -0.1) is 0 Å². The van der Waals surface area contributed by atoms with Gasteiger partial charge < -0.3 is 24.8 Å². The lowest BCUT2D eigenvalue weighted by molar-refractivity contribution is -0.157. The molecule has 1 aromatic heterocycles. The van der Waals surface area contributed by atoms with Crippen LogP contribution >= 0.6 is 0 Å². The maximum absolute atomic E-state index is 14.1. The number of aromatic nitrogens is 2. The smallest absolute Gasteiger partial charge is 0.329 e. The zero-order chi connectivity index (χ0) is 34.2. The fourth-order valence-electron chi connectivity index (χ4n) is 6.78. The van der Waals surface area contributed by atoms with E-state index in [1.54, 1.807) is 16.7 Å². The molecular weight excluding hydrogens is 634 g/mol. The number of imide groups is 1. The number of anilines is 1. The summed E-state index contributed by atoms with van der Waals surface area (Å²) in [4.78, 5) is 69.9. The van der Waals surface area contributed by atoms with E-state index >= 15 is 0 Å². The van der Waals surface area contributed by atoms with Gasteiger partial charge >= 0.3 is 11.7 Å². The number of carbonyl (C=O) groups excluding carboxylic acids is 4. The van der Waals surface area contributed by atoms with Crippen molar-refractivity contribution in [2.75, 3.05) is 38.4 Å². The van der Waals surface area contributed by atoms with Crippen LogP contribution in [0.2, 0.25) is 25.7 Å². The van der Waals surface area contributed by atoms with Crippen molar-refractivity contribution in [1.82, 2.24) is 18.9 Å². The first-order valence-electron chi connectivity index (χ1n) is 16.5. The van der Waals surface area contributed by atoms with Crippen molar-refractivity contribution in [3.8, 4) is 0 Å². The number of hydrogen-bond acceptors (Lipinski definition) is 9. The molecule has 3 amide bonds. The van der Waals surface area contributed by atoms with Crippen LogP contribution in [0.4, 0.5) is 5.69 Å². The summed E-state index contributed by atoms with van der Waals surface area (Å²) >= 11 is 0. The van der Waals surface area contributed by atoms with Crippen LogP contribution in [0.1, 0.15) is 41.2 Å². The number of benzene rings is 2. The molecule has 3 atom stereocenters. The number of nitrogens with zero attached hydrogens (tertiary/aromatic N) is 4. The highest BCUT2D eigenvalue weighted by atomic mass is 28.3. The largest absolute Gasteiger partial charge is 0.461 e. The lowest BCUT2D eigenvalue weighted by Crippen LogP contribution is -2.48. The van der Waals surface area contributed by atoms with E-state index in [4.69, 9.17) is 9.47 Å². The fraction of sp³-hybridized carbons (Fsp3) is 0.500. The van der Waals surface area contributed by atoms with E-state index in [0.29, 0.717) is 42.0 Å². The number of aliphatic hydroxyl groups excluding tert-OH is 1. The summed E-state index contributed by atoms with van der Waals surface area (Å²) in [5, 5.41) is 13.4. The number of ether oxygens (including phenoxy) is 2. The zero-order valence-electron chi connectivity index (χ0n) is 27.6. The SMILES string of the molecule is C[Si](C)(C)CCOCN1C(=O)CCC(n2c(=O)n3c4c(c(C(=O)N5C[C@@H](C(=O)OCc6ccccc6)C[C@H]5CO)ccc42)NCC3)C1=O. The Morgan fingerprint density at radius 1 is 1.06 bits per heavy atom. The van der Waals surface area contributed by atoms with Crippen molar-refractivity contribution in [2.24, 2.45) is 5.92 Å². The van der Waals surface area contributed by atoms with Crippen molar-refractivity contribution in [3.63, 3.8) is 0 Å². The Labute approximate surface area is 279 Å². The van der Waals surface area contributed by atoms with Crippen LogP contribution in [0.25, 0.3) is 11.0 Å². The normalized spacial score (nSPS) is 21.1. The number of nitrogens with one attached hydrogen (secondary N) is 1. The van der Waals surface area contributed by atoms with E-state index in [1.807, 2.05) is 30.3 Å². The average Bonchev–Trinajstić information content (AvgIpc) is 3.63. The molecule has 2 fully saturated rings. The highest BCUT2D eigenvalue weighted by Gasteiger charge is 2.42. The second-order valence-corrected chi connectivity index (χ2v) is 19.6. The number of hydrogen-bond donors (Lipinski definition) is 2. The summed E-state index contributed by atoms with van der Waals surface area (Å²) in [6.45, 7) is 7.55. The van der Waals surface area contributed by atoms with Gasteiger partial charge in [0.2, 0.25) is 5.91 Å². The lowest BCUT2D eigenvalue weighted by atomic mass is 10.0. The molecule has 3 aromatic rings. The first kappa shape index (κ1) is 33.6. The summed E-state index contributed by atoms with van der Waals surface area (Å²) < 4.78 is 14.3. The van der Waals surface area contributed by atoms with Gasteiger partial charge in [-0.3, -0.25) is 33.2 Å².